The summed E-state index contributed by atoms with van der Waals surface area (Å²) < 4.78 is 62.3. The van der Waals surface area contributed by atoms with Gasteiger partial charge in [-0.25, -0.2) is 13.8 Å². The van der Waals surface area contributed by atoms with Gasteiger partial charge in [0.15, 0.2) is 11.3 Å². The number of halogens is 5. The molecule has 0 N–H and O–H groups in total. The number of nitriles is 1. The molecule has 10 heteroatoms. The normalized spacial score (nSPS) is 11.4. The summed E-state index contributed by atoms with van der Waals surface area (Å²) in [5.74, 6) is 0. The largest absolute Gasteiger partial charge is 0.424 e. The van der Waals surface area contributed by atoms with E-state index in [0.29, 0.717) is 0 Å². The molecular formula is C8H2F5N3O2. The summed E-state index contributed by atoms with van der Waals surface area (Å²) >= 11 is 0. The summed E-state index contributed by atoms with van der Waals surface area (Å²) in [5.41, 5.74) is -6.49. The van der Waals surface area contributed by atoms with E-state index in [0.717, 1.165) is 6.07 Å². The van der Waals surface area contributed by atoms with Crippen molar-refractivity contribution in [2.45, 2.75) is 12.6 Å². The summed E-state index contributed by atoms with van der Waals surface area (Å²) in [6, 6.07) is 1.09. The van der Waals surface area contributed by atoms with Crippen LogP contribution in [0.25, 0.3) is 0 Å². The van der Waals surface area contributed by atoms with Crippen LogP contribution in [0.3, 0.4) is 0 Å². The molecule has 1 heterocycles. The number of hydrogen-bond acceptors (Lipinski definition) is 4. The van der Waals surface area contributed by atoms with E-state index in [1.54, 1.807) is 0 Å². The molecule has 96 valence electrons. The second kappa shape index (κ2) is 4.52. The van der Waals surface area contributed by atoms with Crippen LogP contribution in [0.5, 0.6) is 0 Å². The Labute approximate surface area is 95.6 Å². The maximum atomic E-state index is 12.5. The summed E-state index contributed by atoms with van der Waals surface area (Å²) in [6.45, 7) is 0. The van der Waals surface area contributed by atoms with Gasteiger partial charge in [0.2, 0.25) is 0 Å². The van der Waals surface area contributed by atoms with Crippen LogP contribution < -0.4 is 0 Å². The monoisotopic (exact) mass is 267 g/mol. The molecule has 0 aliphatic heterocycles. The molecule has 18 heavy (non-hydrogen) atoms. The summed E-state index contributed by atoms with van der Waals surface area (Å²) in [4.78, 5) is 11.8. The van der Waals surface area contributed by atoms with Crippen LogP contribution in [0.4, 0.5) is 27.6 Å². The fourth-order valence-corrected chi connectivity index (χ4v) is 1.22. The second-order valence-electron chi connectivity index (χ2n) is 2.95. The van der Waals surface area contributed by atoms with E-state index in [1.165, 1.54) is 0 Å². The van der Waals surface area contributed by atoms with Gasteiger partial charge < -0.3 is 0 Å². The third-order valence-electron chi connectivity index (χ3n) is 1.90. The molecule has 0 atom stereocenters. The van der Waals surface area contributed by atoms with Crippen molar-refractivity contribution in [2.24, 2.45) is 0 Å². The summed E-state index contributed by atoms with van der Waals surface area (Å²) in [6.07, 6.45) is -8.84. The van der Waals surface area contributed by atoms with Crippen molar-refractivity contribution < 1.29 is 26.9 Å². The average molecular weight is 267 g/mol. The Balaban J connectivity index is 3.76. The molecule has 0 saturated heterocycles. The lowest BCUT2D eigenvalue weighted by Gasteiger charge is -2.10. The van der Waals surface area contributed by atoms with E-state index in [2.05, 4.69) is 4.98 Å². The number of nitro groups is 1. The van der Waals surface area contributed by atoms with E-state index in [9.17, 15) is 32.1 Å². The number of alkyl halides is 5. The van der Waals surface area contributed by atoms with Crippen LogP contribution in [0.1, 0.15) is 23.2 Å². The molecule has 0 unspecified atom stereocenters. The molecule has 5 nitrogen and oxygen atoms in total. The molecule has 0 radical (unpaired) electrons. The van der Waals surface area contributed by atoms with Gasteiger partial charge in [-0.2, -0.15) is 18.4 Å². The Hall–Kier alpha value is -2.31. The van der Waals surface area contributed by atoms with Crippen LogP contribution in [0.15, 0.2) is 6.20 Å². The first-order valence-electron chi connectivity index (χ1n) is 4.12. The molecule has 0 amide bonds. The van der Waals surface area contributed by atoms with E-state index in [-0.39, 0.29) is 6.20 Å². The maximum Gasteiger partial charge on any atom is 0.424 e. The van der Waals surface area contributed by atoms with Gasteiger partial charge in [-0.15, -0.1) is 0 Å². The van der Waals surface area contributed by atoms with Crippen molar-refractivity contribution in [2.75, 3.05) is 0 Å². The van der Waals surface area contributed by atoms with Gasteiger partial charge in [-0.1, -0.05) is 0 Å². The fraction of sp³-hybridized carbons (Fsp3) is 0.250. The van der Waals surface area contributed by atoms with Gasteiger partial charge in [0.25, 0.3) is 12.1 Å². The fourth-order valence-electron chi connectivity index (χ4n) is 1.22. The first kappa shape index (κ1) is 13.8. The van der Waals surface area contributed by atoms with Crippen molar-refractivity contribution in [1.29, 1.82) is 5.26 Å². The molecule has 1 aromatic heterocycles. The van der Waals surface area contributed by atoms with E-state index in [4.69, 9.17) is 5.26 Å². The highest BCUT2D eigenvalue weighted by Gasteiger charge is 2.43. The maximum absolute atomic E-state index is 12.5. The van der Waals surface area contributed by atoms with Gasteiger partial charge in [0.05, 0.1) is 4.92 Å². The minimum Gasteiger partial charge on any atom is -0.258 e. The van der Waals surface area contributed by atoms with Gasteiger partial charge in [-0.3, -0.25) is 10.1 Å². The SMILES string of the molecule is N#Cc1ncc(C(F)(F)F)c([N+](=O)[O-])c1C(F)F. The van der Waals surface area contributed by atoms with Crippen molar-refractivity contribution in [3.05, 3.63) is 33.1 Å². The highest BCUT2D eigenvalue weighted by molar-refractivity contribution is 5.54. The smallest absolute Gasteiger partial charge is 0.258 e. The molecule has 0 fully saturated rings. The number of nitrogens with zero attached hydrogens (tertiary/aromatic N) is 3. The first-order valence-corrected chi connectivity index (χ1v) is 4.12. The Morgan fingerprint density at radius 2 is 2.00 bits per heavy atom. The van der Waals surface area contributed by atoms with Crippen LogP contribution in [-0.2, 0) is 6.18 Å². The van der Waals surface area contributed by atoms with Crippen molar-refractivity contribution in [1.82, 2.24) is 4.98 Å². The minimum atomic E-state index is -5.22. The number of aromatic nitrogens is 1. The lowest BCUT2D eigenvalue weighted by atomic mass is 10.1. The lowest BCUT2D eigenvalue weighted by molar-refractivity contribution is -0.389. The van der Waals surface area contributed by atoms with Gasteiger partial charge in [0.1, 0.15) is 11.6 Å². The molecule has 0 aliphatic rings. The number of hydrogen-bond donors (Lipinski definition) is 0. The van der Waals surface area contributed by atoms with E-state index >= 15 is 0 Å². The predicted molar refractivity (Wildman–Crippen MR) is 45.6 cm³/mol. The molecule has 1 rings (SSSR count). The van der Waals surface area contributed by atoms with Crippen molar-refractivity contribution in [3.8, 4) is 6.07 Å². The lowest BCUT2D eigenvalue weighted by Crippen LogP contribution is -2.13. The Morgan fingerprint density at radius 1 is 1.44 bits per heavy atom. The van der Waals surface area contributed by atoms with E-state index < -0.39 is 40.0 Å². The van der Waals surface area contributed by atoms with Crippen LogP contribution in [-0.4, -0.2) is 9.91 Å². The summed E-state index contributed by atoms with van der Waals surface area (Å²) in [7, 11) is 0. The predicted octanol–water partition coefficient (Wildman–Crippen LogP) is 2.82. The second-order valence-corrected chi connectivity index (χ2v) is 2.95. The van der Waals surface area contributed by atoms with Crippen molar-refractivity contribution in [3.63, 3.8) is 0 Å². The van der Waals surface area contributed by atoms with Crippen molar-refractivity contribution >= 4 is 5.69 Å². The van der Waals surface area contributed by atoms with E-state index in [1.807, 2.05) is 0 Å². The third-order valence-corrected chi connectivity index (χ3v) is 1.90. The number of pyridine rings is 1. The summed E-state index contributed by atoms with van der Waals surface area (Å²) in [5, 5.41) is 18.9. The zero-order chi connectivity index (χ0) is 14.1. The molecule has 0 aromatic carbocycles. The highest BCUT2D eigenvalue weighted by atomic mass is 19.4. The quantitative estimate of drug-likeness (QED) is 0.468. The minimum absolute atomic E-state index is 0.0113. The average Bonchev–Trinajstić information content (AvgIpc) is 2.25. The number of rotatable bonds is 2. The standard InChI is InChI=1S/C8H2F5N3O2/c9-7(10)5-4(1-14)15-2-3(8(11,12)13)6(5)16(17)18/h2,7H. The topological polar surface area (TPSA) is 79.8 Å². The molecule has 1 aromatic rings. The van der Waals surface area contributed by atoms with Gasteiger partial charge in [-0.05, 0) is 0 Å². The zero-order valence-corrected chi connectivity index (χ0v) is 8.20. The Kier molecular flexibility index (Phi) is 3.45. The van der Waals surface area contributed by atoms with Gasteiger partial charge >= 0.3 is 6.18 Å². The molecular weight excluding hydrogens is 265 g/mol. The third kappa shape index (κ3) is 2.34. The highest BCUT2D eigenvalue weighted by Crippen LogP contribution is 2.41. The Bertz CT molecular complexity index is 535. The zero-order valence-electron chi connectivity index (χ0n) is 8.20. The van der Waals surface area contributed by atoms with Crippen LogP contribution >= 0.6 is 0 Å². The molecule has 0 aliphatic carbocycles. The van der Waals surface area contributed by atoms with Crippen LogP contribution in [0, 0.1) is 21.4 Å². The first-order chi connectivity index (χ1) is 8.20. The van der Waals surface area contributed by atoms with Gasteiger partial charge in [0, 0.05) is 6.20 Å². The molecule has 0 saturated carbocycles. The molecule has 0 spiro atoms. The molecule has 0 bridgehead atoms. The van der Waals surface area contributed by atoms with Crippen LogP contribution in [0.2, 0.25) is 0 Å². The Morgan fingerprint density at radius 3 is 2.33 bits per heavy atom.